The lowest BCUT2D eigenvalue weighted by Gasteiger charge is -2.00. The molecule has 0 saturated heterocycles. The Hall–Kier alpha value is -1.23. The van der Waals surface area contributed by atoms with Gasteiger partial charge in [0.15, 0.2) is 0 Å². The Balaban J connectivity index is 0.000000293. The van der Waals surface area contributed by atoms with Crippen LogP contribution < -0.4 is 10.5 Å². The number of hydrogen-bond acceptors (Lipinski definition) is 4. The van der Waals surface area contributed by atoms with Gasteiger partial charge in [0.25, 0.3) is 0 Å². The van der Waals surface area contributed by atoms with Crippen LogP contribution in [-0.4, -0.2) is 27.0 Å². The van der Waals surface area contributed by atoms with Gasteiger partial charge in [0.1, 0.15) is 15.6 Å². The molecule has 2 N–H and O–H groups in total. The molecular formula is C11H19NO3S. The molecule has 0 fully saturated rings. The highest BCUT2D eigenvalue weighted by Gasteiger charge is 1.99. The van der Waals surface area contributed by atoms with Gasteiger partial charge in [-0.2, -0.15) is 0 Å². The molecule has 5 heteroatoms. The maximum absolute atomic E-state index is 10.4. The van der Waals surface area contributed by atoms with Crippen LogP contribution in [0.2, 0.25) is 0 Å². The highest BCUT2D eigenvalue weighted by molar-refractivity contribution is 7.91. The van der Waals surface area contributed by atoms with E-state index in [-0.39, 0.29) is 11.5 Å². The third-order valence-corrected chi connectivity index (χ3v) is 3.78. The van der Waals surface area contributed by atoms with Crippen LogP contribution in [0.4, 0.5) is 5.69 Å². The zero-order valence-corrected chi connectivity index (χ0v) is 10.8. The van der Waals surface area contributed by atoms with Crippen molar-refractivity contribution in [1.29, 1.82) is 0 Å². The van der Waals surface area contributed by atoms with Crippen molar-refractivity contribution < 1.29 is 13.2 Å². The van der Waals surface area contributed by atoms with Crippen LogP contribution in [0.15, 0.2) is 24.3 Å². The molecule has 0 aromatic heterocycles. The van der Waals surface area contributed by atoms with Crippen LogP contribution in [0.1, 0.15) is 13.8 Å². The first kappa shape index (κ1) is 14.8. The molecule has 92 valence electrons. The number of hydrogen-bond donors (Lipinski definition) is 1. The molecular weight excluding hydrogens is 226 g/mol. The first-order valence-electron chi connectivity index (χ1n) is 5.05. The second-order valence-corrected chi connectivity index (χ2v) is 5.70. The molecule has 0 bridgehead atoms. The number of benzene rings is 1. The Bertz CT molecular complexity index is 391. The average Bonchev–Trinajstić information content (AvgIpc) is 2.30. The lowest BCUT2D eigenvalue weighted by molar-refractivity contribution is 0.417. The normalized spacial score (nSPS) is 10.2. The summed E-state index contributed by atoms with van der Waals surface area (Å²) in [5, 5.41) is 0. The summed E-state index contributed by atoms with van der Waals surface area (Å²) in [5.41, 5.74) is 6.19. The van der Waals surface area contributed by atoms with E-state index in [4.69, 9.17) is 10.5 Å². The quantitative estimate of drug-likeness (QED) is 0.823. The van der Waals surface area contributed by atoms with Crippen molar-refractivity contribution >= 4 is 15.5 Å². The van der Waals surface area contributed by atoms with Gasteiger partial charge in [-0.05, 0) is 12.1 Å². The Morgan fingerprint density at radius 3 is 1.94 bits per heavy atom. The minimum Gasteiger partial charge on any atom is -0.495 e. The van der Waals surface area contributed by atoms with Gasteiger partial charge in [-0.3, -0.25) is 0 Å². The number of ether oxygens (including phenoxy) is 1. The van der Waals surface area contributed by atoms with Gasteiger partial charge in [-0.25, -0.2) is 8.42 Å². The molecule has 0 aliphatic carbocycles. The van der Waals surface area contributed by atoms with E-state index < -0.39 is 9.84 Å². The predicted octanol–water partition coefficient (Wildman–Crippen LogP) is 1.72. The van der Waals surface area contributed by atoms with Crippen molar-refractivity contribution in [2.24, 2.45) is 0 Å². The van der Waals surface area contributed by atoms with Gasteiger partial charge < -0.3 is 10.5 Å². The molecule has 0 unspecified atom stereocenters. The zero-order chi connectivity index (χ0) is 12.6. The minimum atomic E-state index is -2.66. The Morgan fingerprint density at radius 2 is 1.69 bits per heavy atom. The number of nitrogens with two attached hydrogens (primary N) is 1. The van der Waals surface area contributed by atoms with Gasteiger partial charge in [-0.1, -0.05) is 26.0 Å². The molecule has 0 heterocycles. The molecule has 4 nitrogen and oxygen atoms in total. The van der Waals surface area contributed by atoms with Crippen LogP contribution >= 0.6 is 0 Å². The molecule has 1 aromatic carbocycles. The van der Waals surface area contributed by atoms with Crippen molar-refractivity contribution in [3.8, 4) is 5.75 Å². The molecule has 0 aliphatic rings. The molecule has 0 spiro atoms. The molecule has 1 rings (SSSR count). The van der Waals surface area contributed by atoms with Crippen LogP contribution in [0.3, 0.4) is 0 Å². The first-order chi connectivity index (χ1) is 7.46. The Labute approximate surface area is 97.3 Å². The van der Waals surface area contributed by atoms with Crippen LogP contribution in [-0.2, 0) is 9.84 Å². The van der Waals surface area contributed by atoms with Gasteiger partial charge in [0.05, 0.1) is 12.8 Å². The van der Waals surface area contributed by atoms with E-state index >= 15 is 0 Å². The van der Waals surface area contributed by atoms with Crippen molar-refractivity contribution in [3.05, 3.63) is 24.3 Å². The second kappa shape index (κ2) is 7.11. The minimum absolute atomic E-state index is 0.267. The van der Waals surface area contributed by atoms with Gasteiger partial charge >= 0.3 is 0 Å². The van der Waals surface area contributed by atoms with Crippen molar-refractivity contribution in [2.75, 3.05) is 24.3 Å². The van der Waals surface area contributed by atoms with Crippen LogP contribution in [0.25, 0.3) is 0 Å². The summed E-state index contributed by atoms with van der Waals surface area (Å²) >= 11 is 0. The molecule has 1 aromatic rings. The monoisotopic (exact) mass is 245 g/mol. The van der Waals surface area contributed by atoms with Crippen molar-refractivity contribution in [3.63, 3.8) is 0 Å². The Kier molecular flexibility index (Phi) is 6.56. The summed E-state index contributed by atoms with van der Waals surface area (Å²) in [6.45, 7) is 3.30. The molecule has 0 aliphatic heterocycles. The Morgan fingerprint density at radius 1 is 1.19 bits per heavy atom. The number of anilines is 1. The SMILES string of the molecule is CCS(=O)(=O)CC.COc1ccccc1N. The number of sulfone groups is 1. The van der Waals surface area contributed by atoms with Gasteiger partial charge in [-0.15, -0.1) is 0 Å². The van der Waals surface area contributed by atoms with E-state index in [0.717, 1.165) is 5.75 Å². The van der Waals surface area contributed by atoms with E-state index in [2.05, 4.69) is 0 Å². The van der Waals surface area contributed by atoms with Crippen LogP contribution in [0, 0.1) is 0 Å². The zero-order valence-electron chi connectivity index (χ0n) is 9.93. The maximum atomic E-state index is 10.4. The van der Waals surface area contributed by atoms with E-state index in [1.807, 2.05) is 18.2 Å². The number of para-hydroxylation sites is 2. The summed E-state index contributed by atoms with van der Waals surface area (Å²) in [7, 11) is -1.05. The lowest BCUT2D eigenvalue weighted by Crippen LogP contribution is -2.04. The van der Waals surface area contributed by atoms with Gasteiger partial charge in [0.2, 0.25) is 0 Å². The smallest absolute Gasteiger partial charge is 0.149 e. The third kappa shape index (κ3) is 5.60. The average molecular weight is 245 g/mol. The first-order valence-corrected chi connectivity index (χ1v) is 6.87. The van der Waals surface area contributed by atoms with Crippen LogP contribution in [0.5, 0.6) is 5.75 Å². The van der Waals surface area contributed by atoms with E-state index in [0.29, 0.717) is 5.69 Å². The molecule has 0 radical (unpaired) electrons. The fraction of sp³-hybridized carbons (Fsp3) is 0.455. The summed E-state index contributed by atoms with van der Waals surface area (Å²) in [6, 6.07) is 7.39. The van der Waals surface area contributed by atoms with Gasteiger partial charge in [0, 0.05) is 11.5 Å². The van der Waals surface area contributed by atoms with Crippen molar-refractivity contribution in [2.45, 2.75) is 13.8 Å². The fourth-order valence-electron chi connectivity index (χ4n) is 0.871. The summed E-state index contributed by atoms with van der Waals surface area (Å²) in [5.74, 6) is 1.27. The third-order valence-electron chi connectivity index (χ3n) is 2.02. The van der Waals surface area contributed by atoms with E-state index in [1.165, 1.54) is 0 Å². The number of methoxy groups -OCH3 is 1. The highest BCUT2D eigenvalue weighted by atomic mass is 32.2. The molecule has 0 saturated carbocycles. The summed E-state index contributed by atoms with van der Waals surface area (Å²) < 4.78 is 25.7. The lowest BCUT2D eigenvalue weighted by atomic mass is 10.3. The fourth-order valence-corrected chi connectivity index (χ4v) is 1.28. The second-order valence-electron chi connectivity index (χ2n) is 3.06. The summed E-state index contributed by atoms with van der Waals surface area (Å²) in [6.07, 6.45) is 0. The van der Waals surface area contributed by atoms with E-state index in [9.17, 15) is 8.42 Å². The van der Waals surface area contributed by atoms with E-state index in [1.54, 1.807) is 27.0 Å². The standard InChI is InChI=1S/C7H9NO.C4H10O2S/c1-9-7-5-3-2-4-6(7)8;1-3-7(5,6)4-2/h2-5H,8H2,1H3;3-4H2,1-2H3. The number of rotatable bonds is 3. The topological polar surface area (TPSA) is 69.4 Å². The van der Waals surface area contributed by atoms with Crippen molar-refractivity contribution in [1.82, 2.24) is 0 Å². The predicted molar refractivity (Wildman–Crippen MR) is 67.4 cm³/mol. The largest absolute Gasteiger partial charge is 0.495 e. The summed E-state index contributed by atoms with van der Waals surface area (Å²) in [4.78, 5) is 0. The molecule has 0 amide bonds. The molecule has 0 atom stereocenters. The number of nitrogen functional groups attached to an aromatic ring is 1. The molecule has 16 heavy (non-hydrogen) atoms. The maximum Gasteiger partial charge on any atom is 0.149 e. The highest BCUT2D eigenvalue weighted by Crippen LogP contribution is 2.18.